The zero-order valence-electron chi connectivity index (χ0n) is 32.6. The Morgan fingerprint density at radius 3 is 1.59 bits per heavy atom. The van der Waals surface area contributed by atoms with Gasteiger partial charge in [0.25, 0.3) is 0 Å². The number of aromatic nitrogens is 2. The van der Waals surface area contributed by atoms with Crippen LogP contribution in [0.15, 0.2) is 126 Å². The maximum atomic E-state index is 5.79. The Morgan fingerprint density at radius 1 is 0.464 bits per heavy atom. The molecule has 0 spiro atoms. The van der Waals surface area contributed by atoms with Crippen LogP contribution in [0.4, 0.5) is 0 Å². The van der Waals surface area contributed by atoms with Gasteiger partial charge in [0.2, 0.25) is 0 Å². The highest BCUT2D eigenvalue weighted by Crippen LogP contribution is 2.50. The van der Waals surface area contributed by atoms with Crippen LogP contribution in [0.5, 0.6) is 0 Å². The molecule has 8 aromatic rings. The van der Waals surface area contributed by atoms with Crippen LogP contribution in [-0.4, -0.2) is 15.7 Å². The molecule has 1 aliphatic carbocycles. The maximum Gasteiger partial charge on any atom is 0.0957 e. The highest BCUT2D eigenvalue weighted by molar-refractivity contribution is 6.28. The molecule has 2 aliphatic heterocycles. The lowest BCUT2D eigenvalue weighted by atomic mass is 9.87. The van der Waals surface area contributed by atoms with Gasteiger partial charge in [0.05, 0.1) is 45.9 Å². The lowest BCUT2D eigenvalue weighted by Gasteiger charge is -2.20. The largest absolute Gasteiger partial charge is 0.372 e. The number of aryl methyl sites for hydroxylation is 6. The number of nitrogens with zero attached hydrogens (tertiary/aromatic N) is 1. The summed E-state index contributed by atoms with van der Waals surface area (Å²) in [5.74, 6) is 0. The van der Waals surface area contributed by atoms with E-state index in [0.717, 1.165) is 62.0 Å². The van der Waals surface area contributed by atoms with Crippen molar-refractivity contribution in [2.75, 3.05) is 0 Å². The average Bonchev–Trinajstić information content (AvgIpc) is 3.95. The van der Waals surface area contributed by atoms with E-state index < -0.39 is 0 Å². The van der Waals surface area contributed by atoms with Crippen molar-refractivity contribution in [3.8, 4) is 0 Å². The summed E-state index contributed by atoms with van der Waals surface area (Å²) in [7, 11) is 0. The van der Waals surface area contributed by atoms with Crippen LogP contribution in [0.1, 0.15) is 95.6 Å². The van der Waals surface area contributed by atoms with E-state index in [1.807, 2.05) is 0 Å². The number of hydrogen-bond acceptors (Lipinski definition) is 2. The van der Waals surface area contributed by atoms with E-state index in [-0.39, 0.29) is 6.04 Å². The number of hydrogen-bond donors (Lipinski definition) is 3. The number of fused-ring (bicyclic) bond motifs is 2. The van der Waals surface area contributed by atoms with Crippen molar-refractivity contribution in [3.63, 3.8) is 0 Å². The van der Waals surface area contributed by atoms with Gasteiger partial charge in [0.15, 0.2) is 0 Å². The first-order valence-electron chi connectivity index (χ1n) is 19.7. The number of nitrogens with one attached hydrogen (secondary N) is 3. The van der Waals surface area contributed by atoms with E-state index in [0.29, 0.717) is 0 Å². The van der Waals surface area contributed by atoms with E-state index in [4.69, 9.17) is 4.99 Å². The van der Waals surface area contributed by atoms with E-state index in [1.54, 1.807) is 0 Å². The Balaban J connectivity index is 1.37. The fourth-order valence-corrected chi connectivity index (χ4v) is 10.3. The Bertz CT molecular complexity index is 3070. The molecule has 4 heterocycles. The molecule has 0 saturated carbocycles. The zero-order chi connectivity index (χ0) is 38.0. The topological polar surface area (TPSA) is 56.0 Å². The number of benzene rings is 6. The molecule has 0 fully saturated rings. The first kappa shape index (κ1) is 32.8. The summed E-state index contributed by atoms with van der Waals surface area (Å²) in [4.78, 5) is 14.0. The van der Waals surface area contributed by atoms with Crippen LogP contribution >= 0.6 is 0 Å². The van der Waals surface area contributed by atoms with Crippen molar-refractivity contribution in [2.24, 2.45) is 4.99 Å². The van der Waals surface area contributed by atoms with Gasteiger partial charge < -0.3 is 15.3 Å². The van der Waals surface area contributed by atoms with Crippen molar-refractivity contribution < 1.29 is 0 Å². The van der Waals surface area contributed by atoms with Crippen LogP contribution in [-0.2, 0) is 0 Å². The molecule has 270 valence electrons. The molecule has 1 unspecified atom stereocenters. The van der Waals surface area contributed by atoms with Crippen LogP contribution in [0, 0.1) is 41.5 Å². The maximum absolute atomic E-state index is 5.79. The van der Waals surface area contributed by atoms with Crippen LogP contribution in [0.3, 0.4) is 0 Å². The molecule has 8 bridgehead atoms. The number of rotatable bonds is 2. The monoisotopic (exact) mass is 722 g/mol. The summed E-state index contributed by atoms with van der Waals surface area (Å²) in [5, 5.41) is 8.93. The summed E-state index contributed by atoms with van der Waals surface area (Å²) in [5.41, 5.74) is 24.5. The third-order valence-electron chi connectivity index (χ3n) is 12.3. The highest BCUT2D eigenvalue weighted by Gasteiger charge is 2.37. The molecule has 0 saturated heterocycles. The summed E-state index contributed by atoms with van der Waals surface area (Å²) >= 11 is 0. The van der Waals surface area contributed by atoms with Crippen LogP contribution in [0.2, 0.25) is 0 Å². The van der Waals surface area contributed by atoms with Gasteiger partial charge in [-0.3, -0.25) is 0 Å². The first-order valence-corrected chi connectivity index (χ1v) is 19.7. The van der Waals surface area contributed by atoms with E-state index in [1.165, 1.54) is 77.4 Å². The fourth-order valence-electron chi connectivity index (χ4n) is 10.3. The molecule has 3 aliphatic rings. The van der Waals surface area contributed by atoms with Gasteiger partial charge in [-0.05, 0) is 80.5 Å². The SMILES string of the molecule is Cc1cc(C)c(/C2=C3/NC(c4ccccc43)c3[nH]c(c4ccccc34)/C(c3c(C)cc(C)cc3C)=C3\N=C(c4ccccc43)c3[nH]c2c2ccccc32)c(C)c1. The van der Waals surface area contributed by atoms with E-state index in [2.05, 4.69) is 178 Å². The van der Waals surface area contributed by atoms with Crippen molar-refractivity contribution in [3.05, 3.63) is 211 Å². The number of aromatic amines is 2. The van der Waals surface area contributed by atoms with Gasteiger partial charge >= 0.3 is 0 Å². The van der Waals surface area contributed by atoms with Crippen molar-refractivity contribution in [2.45, 2.75) is 47.6 Å². The van der Waals surface area contributed by atoms with Crippen LogP contribution < -0.4 is 5.32 Å². The molecule has 0 radical (unpaired) electrons. The summed E-state index contributed by atoms with van der Waals surface area (Å²) in [6.07, 6.45) is 0. The standard InChI is InChI=1S/C52H42N4/c1-27-23-29(3)41(30(4)24-27)43-45-33-15-7-11-19-37(33)49(53-45)51-39-21-13-9-17-35(39)47(55-51)44(42-31(5)25-28(2)26-32(42)6)48-36-18-10-14-22-40(36)52(56-48)50-38-20-12-8-16-34(38)46(43)54-50/h7-26,49,53-55H,1-6H3/b45-43-,48-44-. The summed E-state index contributed by atoms with van der Waals surface area (Å²) in [6, 6.07) is 44.6. The Morgan fingerprint density at radius 2 is 0.946 bits per heavy atom. The van der Waals surface area contributed by atoms with Gasteiger partial charge in [-0.1, -0.05) is 132 Å². The molecule has 4 heteroatoms. The van der Waals surface area contributed by atoms with Gasteiger partial charge in [0, 0.05) is 49.4 Å². The van der Waals surface area contributed by atoms with Crippen LogP contribution in [0.25, 0.3) is 44.1 Å². The van der Waals surface area contributed by atoms with Crippen molar-refractivity contribution >= 4 is 49.8 Å². The smallest absolute Gasteiger partial charge is 0.0957 e. The molecule has 0 amide bonds. The molecule has 2 aromatic heterocycles. The van der Waals surface area contributed by atoms with E-state index >= 15 is 0 Å². The van der Waals surface area contributed by atoms with Gasteiger partial charge in [-0.2, -0.15) is 0 Å². The van der Waals surface area contributed by atoms with Gasteiger partial charge in [-0.25, -0.2) is 4.99 Å². The quantitative estimate of drug-likeness (QED) is 0.163. The minimum Gasteiger partial charge on any atom is -0.372 e. The highest BCUT2D eigenvalue weighted by atomic mass is 15.0. The molecule has 6 aromatic carbocycles. The third-order valence-corrected chi connectivity index (χ3v) is 12.3. The second kappa shape index (κ2) is 11.9. The molecular weight excluding hydrogens is 681 g/mol. The Hall–Kier alpha value is -6.65. The van der Waals surface area contributed by atoms with Crippen molar-refractivity contribution in [1.82, 2.24) is 15.3 Å². The van der Waals surface area contributed by atoms with Gasteiger partial charge in [0.1, 0.15) is 0 Å². The number of aliphatic imine (C=N–C) groups is 1. The second-order valence-electron chi connectivity index (χ2n) is 16.1. The third kappa shape index (κ3) is 4.56. The first-order chi connectivity index (χ1) is 27.3. The lowest BCUT2D eigenvalue weighted by molar-refractivity contribution is 0.764. The lowest BCUT2D eigenvalue weighted by Crippen LogP contribution is -2.16. The Kier molecular flexibility index (Phi) is 6.97. The minimum atomic E-state index is -0.120. The summed E-state index contributed by atoms with van der Waals surface area (Å²) in [6.45, 7) is 13.4. The predicted molar refractivity (Wildman–Crippen MR) is 233 cm³/mol. The number of H-pyrrole nitrogens is 2. The Labute approximate surface area is 327 Å². The normalized spacial score (nSPS) is 18.2. The predicted octanol–water partition coefficient (Wildman–Crippen LogP) is 12.2. The molecule has 1 atom stereocenters. The molecule has 56 heavy (non-hydrogen) atoms. The summed E-state index contributed by atoms with van der Waals surface area (Å²) < 4.78 is 0. The molecule has 3 N–H and O–H groups in total. The molecule has 11 rings (SSSR count). The second-order valence-corrected chi connectivity index (χ2v) is 16.1. The van der Waals surface area contributed by atoms with Crippen molar-refractivity contribution in [1.29, 1.82) is 0 Å². The zero-order valence-corrected chi connectivity index (χ0v) is 32.6. The molecular formula is C52H42N4. The van der Waals surface area contributed by atoms with E-state index in [9.17, 15) is 0 Å². The minimum absolute atomic E-state index is 0.120. The van der Waals surface area contributed by atoms with Gasteiger partial charge in [-0.15, -0.1) is 0 Å². The molecule has 4 nitrogen and oxygen atoms in total. The average molecular weight is 723 g/mol. The fraction of sp³-hybridized carbons (Fsp3) is 0.135.